The van der Waals surface area contributed by atoms with Crippen LogP contribution in [0.3, 0.4) is 0 Å². The van der Waals surface area contributed by atoms with Crippen molar-refractivity contribution in [2.75, 3.05) is 18.5 Å². The predicted molar refractivity (Wildman–Crippen MR) is 46.0 cm³/mol. The number of hydrogen-bond donors (Lipinski definition) is 1. The third-order valence-electron chi connectivity index (χ3n) is 1.32. The van der Waals surface area contributed by atoms with Gasteiger partial charge in [0.2, 0.25) is 0 Å². The fraction of sp³-hybridized carbons (Fsp3) is 0.333. The zero-order chi connectivity index (χ0) is 6.97. The van der Waals surface area contributed by atoms with Crippen molar-refractivity contribution in [3.63, 3.8) is 0 Å². The van der Waals surface area contributed by atoms with Crippen molar-refractivity contribution in [2.45, 2.75) is 0 Å². The quantitative estimate of drug-likeness (QED) is 0.724. The maximum atomic E-state index is 5.37. The minimum Gasteiger partial charge on any atom is -0.480 e. The Morgan fingerprint density at radius 1 is 1.70 bits per heavy atom. The molecule has 0 fully saturated rings. The molecule has 2 rings (SSSR count). The lowest BCUT2D eigenvalue weighted by Gasteiger charge is -2.13. The fourth-order valence-corrected chi connectivity index (χ4v) is 2.31. The molecule has 0 amide bonds. The average Bonchev–Trinajstić information content (AvgIpc) is 2.27. The van der Waals surface area contributed by atoms with Crippen molar-refractivity contribution < 1.29 is 4.74 Å². The number of anilines is 1. The van der Waals surface area contributed by atoms with Crippen LogP contribution in [0.25, 0.3) is 0 Å². The molecule has 0 aliphatic carbocycles. The van der Waals surface area contributed by atoms with E-state index in [1.54, 1.807) is 11.3 Å². The SMILES string of the molecule is Brc1cc2c(s1)OCCN2. The molecule has 1 aromatic rings. The van der Waals surface area contributed by atoms with Gasteiger partial charge in [0, 0.05) is 6.54 Å². The molecule has 0 aromatic carbocycles. The zero-order valence-electron chi connectivity index (χ0n) is 5.19. The third kappa shape index (κ3) is 1.01. The van der Waals surface area contributed by atoms with Crippen LogP contribution in [0.4, 0.5) is 5.69 Å². The predicted octanol–water partition coefficient (Wildman–Crippen LogP) is 2.31. The van der Waals surface area contributed by atoms with Gasteiger partial charge in [-0.15, -0.1) is 0 Å². The number of hydrogen-bond acceptors (Lipinski definition) is 3. The molecule has 0 unspecified atom stereocenters. The largest absolute Gasteiger partial charge is 0.480 e. The summed E-state index contributed by atoms with van der Waals surface area (Å²) in [5.41, 5.74) is 1.11. The van der Waals surface area contributed by atoms with Gasteiger partial charge in [-0.1, -0.05) is 11.3 Å². The van der Waals surface area contributed by atoms with Crippen LogP contribution >= 0.6 is 27.3 Å². The number of thiophene rings is 1. The Balaban J connectivity index is 2.41. The van der Waals surface area contributed by atoms with E-state index in [0.29, 0.717) is 0 Å². The highest BCUT2D eigenvalue weighted by Gasteiger charge is 2.11. The summed E-state index contributed by atoms with van der Waals surface area (Å²) >= 11 is 5.01. The van der Waals surface area contributed by atoms with Gasteiger partial charge in [-0.05, 0) is 22.0 Å². The maximum Gasteiger partial charge on any atom is 0.198 e. The summed E-state index contributed by atoms with van der Waals surface area (Å²) in [6, 6.07) is 2.04. The van der Waals surface area contributed by atoms with Gasteiger partial charge in [0.1, 0.15) is 6.61 Å². The lowest BCUT2D eigenvalue weighted by atomic mass is 10.4. The van der Waals surface area contributed by atoms with Gasteiger partial charge in [0.05, 0.1) is 9.47 Å². The average molecular weight is 220 g/mol. The second-order valence-electron chi connectivity index (χ2n) is 2.03. The minimum absolute atomic E-state index is 0.778. The van der Waals surface area contributed by atoms with E-state index in [1.165, 1.54) is 0 Å². The second kappa shape index (κ2) is 2.43. The third-order valence-corrected chi connectivity index (χ3v) is 2.87. The molecule has 4 heteroatoms. The molecule has 0 spiro atoms. The van der Waals surface area contributed by atoms with Gasteiger partial charge < -0.3 is 10.1 Å². The smallest absolute Gasteiger partial charge is 0.198 e. The molecule has 2 nitrogen and oxygen atoms in total. The summed E-state index contributed by atoms with van der Waals surface area (Å²) in [6.07, 6.45) is 0. The maximum absolute atomic E-state index is 5.37. The number of ether oxygens (including phenoxy) is 1. The van der Waals surface area contributed by atoms with Gasteiger partial charge in [-0.2, -0.15) is 0 Å². The molecule has 0 saturated carbocycles. The molecule has 0 saturated heterocycles. The first kappa shape index (κ1) is 6.49. The van der Waals surface area contributed by atoms with Crippen LogP contribution in [0.5, 0.6) is 5.06 Å². The van der Waals surface area contributed by atoms with Crippen molar-refractivity contribution in [1.29, 1.82) is 0 Å². The van der Waals surface area contributed by atoms with Crippen LogP contribution in [0.1, 0.15) is 0 Å². The minimum atomic E-state index is 0.778. The first-order valence-corrected chi connectivity index (χ1v) is 4.63. The van der Waals surface area contributed by atoms with Crippen LogP contribution in [-0.4, -0.2) is 13.2 Å². The van der Waals surface area contributed by atoms with Gasteiger partial charge in [-0.3, -0.25) is 0 Å². The molecule has 2 heterocycles. The number of halogens is 1. The van der Waals surface area contributed by atoms with E-state index in [9.17, 15) is 0 Å². The van der Waals surface area contributed by atoms with Crippen LogP contribution in [0, 0.1) is 0 Å². The lowest BCUT2D eigenvalue weighted by molar-refractivity contribution is 0.333. The van der Waals surface area contributed by atoms with Crippen molar-refractivity contribution in [3.05, 3.63) is 9.85 Å². The Bertz CT molecular complexity index is 224. The molecule has 54 valence electrons. The first-order chi connectivity index (χ1) is 4.86. The van der Waals surface area contributed by atoms with E-state index >= 15 is 0 Å². The highest BCUT2D eigenvalue weighted by atomic mass is 79.9. The van der Waals surface area contributed by atoms with Crippen LogP contribution < -0.4 is 10.1 Å². The van der Waals surface area contributed by atoms with Crippen molar-refractivity contribution >= 4 is 33.0 Å². The molecule has 0 bridgehead atoms. The molecule has 1 aliphatic rings. The summed E-state index contributed by atoms with van der Waals surface area (Å²) < 4.78 is 6.49. The molecule has 0 atom stereocenters. The van der Waals surface area contributed by atoms with Gasteiger partial charge in [0.15, 0.2) is 5.06 Å². The zero-order valence-corrected chi connectivity index (χ0v) is 7.59. The fourth-order valence-electron chi connectivity index (χ4n) is 0.905. The van der Waals surface area contributed by atoms with E-state index in [1.807, 2.05) is 6.07 Å². The Morgan fingerprint density at radius 2 is 2.60 bits per heavy atom. The summed E-state index contributed by atoms with van der Waals surface area (Å²) in [5.74, 6) is 0. The van der Waals surface area contributed by atoms with E-state index in [0.717, 1.165) is 27.7 Å². The van der Waals surface area contributed by atoms with Crippen LogP contribution in [0.15, 0.2) is 9.85 Å². The van der Waals surface area contributed by atoms with Gasteiger partial charge >= 0.3 is 0 Å². The van der Waals surface area contributed by atoms with Gasteiger partial charge in [0.25, 0.3) is 0 Å². The van der Waals surface area contributed by atoms with Gasteiger partial charge in [-0.25, -0.2) is 0 Å². The van der Waals surface area contributed by atoms with Crippen LogP contribution in [-0.2, 0) is 0 Å². The Hall–Kier alpha value is -0.220. The summed E-state index contributed by atoms with van der Waals surface area (Å²) in [4.78, 5) is 0. The second-order valence-corrected chi connectivity index (χ2v) is 4.42. The van der Waals surface area contributed by atoms with Crippen molar-refractivity contribution in [1.82, 2.24) is 0 Å². The van der Waals surface area contributed by atoms with E-state index < -0.39 is 0 Å². The number of rotatable bonds is 0. The molecular formula is C6H6BrNOS. The van der Waals surface area contributed by atoms with Crippen molar-refractivity contribution in [3.8, 4) is 5.06 Å². The van der Waals surface area contributed by atoms with E-state index in [4.69, 9.17) is 4.74 Å². The monoisotopic (exact) mass is 219 g/mol. The highest BCUT2D eigenvalue weighted by molar-refractivity contribution is 9.11. The highest BCUT2D eigenvalue weighted by Crippen LogP contribution is 2.39. The molecule has 1 aromatic heterocycles. The Kier molecular flexibility index (Phi) is 1.58. The first-order valence-electron chi connectivity index (χ1n) is 3.02. The Labute approximate surface area is 71.3 Å². The molecule has 1 N–H and O–H groups in total. The molecule has 1 aliphatic heterocycles. The number of nitrogens with one attached hydrogen (secondary N) is 1. The summed E-state index contributed by atoms with van der Waals surface area (Å²) in [5, 5.41) is 4.24. The topological polar surface area (TPSA) is 21.3 Å². The normalized spacial score (nSPS) is 15.3. The van der Waals surface area contributed by atoms with Crippen LogP contribution in [0.2, 0.25) is 0 Å². The lowest BCUT2D eigenvalue weighted by Crippen LogP contribution is -2.16. The molecular weight excluding hydrogens is 214 g/mol. The molecule has 10 heavy (non-hydrogen) atoms. The summed E-state index contributed by atoms with van der Waals surface area (Å²) in [6.45, 7) is 1.69. The molecule has 0 radical (unpaired) electrons. The number of fused-ring (bicyclic) bond motifs is 1. The van der Waals surface area contributed by atoms with E-state index in [-0.39, 0.29) is 0 Å². The van der Waals surface area contributed by atoms with E-state index in [2.05, 4.69) is 21.2 Å². The standard InChI is InChI=1S/C6H6BrNOS/c7-5-3-4-6(10-5)9-2-1-8-4/h3,8H,1-2H2. The Morgan fingerprint density at radius 3 is 3.40 bits per heavy atom. The van der Waals surface area contributed by atoms with Crippen molar-refractivity contribution in [2.24, 2.45) is 0 Å². The summed E-state index contributed by atoms with van der Waals surface area (Å²) in [7, 11) is 0.